The molecule has 0 radical (unpaired) electrons. The van der Waals surface area contributed by atoms with Crippen LogP contribution in [0.3, 0.4) is 0 Å². The summed E-state index contributed by atoms with van der Waals surface area (Å²) >= 11 is 0. The van der Waals surface area contributed by atoms with Crippen molar-refractivity contribution in [1.82, 2.24) is 0 Å². The molecule has 0 saturated carbocycles. The lowest BCUT2D eigenvalue weighted by Gasteiger charge is -2.09. The molecular formula is C19H30O. The summed E-state index contributed by atoms with van der Waals surface area (Å²) in [6.45, 7) is 6.79. The highest BCUT2D eigenvalue weighted by Crippen LogP contribution is 2.40. The smallest absolute Gasteiger partial charge is 0.142 e. The highest BCUT2D eigenvalue weighted by Gasteiger charge is 2.30. The maximum atomic E-state index is 6.13. The first-order chi connectivity index (χ1) is 9.80. The molecule has 0 aromatic rings. The van der Waals surface area contributed by atoms with Gasteiger partial charge in [-0.25, -0.2) is 0 Å². The van der Waals surface area contributed by atoms with Gasteiger partial charge in [-0.3, -0.25) is 0 Å². The summed E-state index contributed by atoms with van der Waals surface area (Å²) in [7, 11) is 0. The van der Waals surface area contributed by atoms with E-state index in [0.717, 1.165) is 6.42 Å². The van der Waals surface area contributed by atoms with Gasteiger partial charge in [-0.05, 0) is 55.4 Å². The van der Waals surface area contributed by atoms with Gasteiger partial charge in [0.1, 0.15) is 6.10 Å². The van der Waals surface area contributed by atoms with Gasteiger partial charge in [-0.2, -0.15) is 0 Å². The summed E-state index contributed by atoms with van der Waals surface area (Å²) in [6, 6.07) is 0. The number of rotatable bonds is 9. The van der Waals surface area contributed by atoms with E-state index < -0.39 is 0 Å². The van der Waals surface area contributed by atoms with Crippen LogP contribution in [0.4, 0.5) is 0 Å². The molecule has 0 spiro atoms. The highest BCUT2D eigenvalue weighted by molar-refractivity contribution is 5.53. The molecule has 112 valence electrons. The van der Waals surface area contributed by atoms with Crippen molar-refractivity contribution in [2.75, 3.05) is 0 Å². The lowest BCUT2D eigenvalue weighted by Crippen LogP contribution is -2.02. The van der Waals surface area contributed by atoms with Gasteiger partial charge in [-0.15, -0.1) is 0 Å². The van der Waals surface area contributed by atoms with Gasteiger partial charge < -0.3 is 4.74 Å². The minimum Gasteiger partial charge on any atom is -0.486 e. The Labute approximate surface area is 124 Å². The van der Waals surface area contributed by atoms with E-state index in [2.05, 4.69) is 32.9 Å². The SMILES string of the molecule is CCCCC1=CC2=C(CCCC)C(CCCC)=CC2O1. The van der Waals surface area contributed by atoms with Crippen LogP contribution in [-0.2, 0) is 4.74 Å². The Morgan fingerprint density at radius 1 is 0.900 bits per heavy atom. The molecule has 1 heterocycles. The number of unbranched alkanes of at least 4 members (excludes halogenated alkanes) is 3. The zero-order valence-electron chi connectivity index (χ0n) is 13.5. The molecule has 0 amide bonds. The minimum absolute atomic E-state index is 0.251. The van der Waals surface area contributed by atoms with E-state index in [-0.39, 0.29) is 6.10 Å². The van der Waals surface area contributed by atoms with E-state index in [0.29, 0.717) is 0 Å². The van der Waals surface area contributed by atoms with Gasteiger partial charge in [-0.1, -0.05) is 40.0 Å². The zero-order chi connectivity index (χ0) is 14.4. The number of hydrogen-bond donors (Lipinski definition) is 0. The number of allylic oxidation sites excluding steroid dienone is 3. The molecule has 1 nitrogen and oxygen atoms in total. The first-order valence-corrected chi connectivity index (χ1v) is 8.61. The van der Waals surface area contributed by atoms with E-state index in [4.69, 9.17) is 4.74 Å². The van der Waals surface area contributed by atoms with E-state index in [1.54, 1.807) is 11.1 Å². The average Bonchev–Trinajstić information content (AvgIpc) is 2.98. The van der Waals surface area contributed by atoms with Crippen molar-refractivity contribution in [2.24, 2.45) is 0 Å². The molecule has 0 aromatic carbocycles. The largest absolute Gasteiger partial charge is 0.486 e. The van der Waals surface area contributed by atoms with Gasteiger partial charge in [0.05, 0.1) is 5.76 Å². The topological polar surface area (TPSA) is 9.23 Å². The second-order valence-electron chi connectivity index (χ2n) is 6.09. The Balaban J connectivity index is 2.10. The van der Waals surface area contributed by atoms with Crippen molar-refractivity contribution in [3.63, 3.8) is 0 Å². The van der Waals surface area contributed by atoms with E-state index in [1.807, 2.05) is 0 Å². The lowest BCUT2D eigenvalue weighted by atomic mass is 9.96. The van der Waals surface area contributed by atoms with Gasteiger partial charge in [0.2, 0.25) is 0 Å². The molecule has 1 heteroatoms. The van der Waals surface area contributed by atoms with Crippen LogP contribution in [0.2, 0.25) is 0 Å². The second-order valence-corrected chi connectivity index (χ2v) is 6.09. The van der Waals surface area contributed by atoms with E-state index in [1.165, 1.54) is 62.7 Å². The highest BCUT2D eigenvalue weighted by atomic mass is 16.5. The maximum absolute atomic E-state index is 6.13. The average molecular weight is 274 g/mol. The molecule has 2 rings (SSSR count). The standard InChI is InChI=1S/C19H30O/c1-4-7-10-15-13-19-18(17(15)12-9-6-3)14-16(20-19)11-8-5-2/h13-14,19H,4-12H2,1-3H3. The fraction of sp³-hybridized carbons (Fsp3) is 0.684. The van der Waals surface area contributed by atoms with Crippen molar-refractivity contribution < 1.29 is 4.74 Å². The van der Waals surface area contributed by atoms with Gasteiger partial charge in [0, 0.05) is 12.0 Å². The van der Waals surface area contributed by atoms with E-state index in [9.17, 15) is 0 Å². The van der Waals surface area contributed by atoms with Crippen LogP contribution in [0.15, 0.2) is 34.6 Å². The van der Waals surface area contributed by atoms with Gasteiger partial charge >= 0.3 is 0 Å². The molecule has 1 aliphatic heterocycles. The third kappa shape index (κ3) is 3.56. The second kappa shape index (κ2) is 7.71. The van der Waals surface area contributed by atoms with Crippen molar-refractivity contribution in [3.8, 4) is 0 Å². The summed E-state index contributed by atoms with van der Waals surface area (Å²) in [5, 5.41) is 0. The monoisotopic (exact) mass is 274 g/mol. The molecule has 0 fully saturated rings. The van der Waals surface area contributed by atoms with Gasteiger partial charge in [0.25, 0.3) is 0 Å². The molecule has 0 N–H and O–H groups in total. The van der Waals surface area contributed by atoms with Crippen molar-refractivity contribution in [2.45, 2.75) is 84.7 Å². The fourth-order valence-corrected chi connectivity index (χ4v) is 3.11. The quantitative estimate of drug-likeness (QED) is 0.495. The van der Waals surface area contributed by atoms with E-state index >= 15 is 0 Å². The molecule has 1 unspecified atom stereocenters. The Morgan fingerprint density at radius 3 is 2.25 bits per heavy atom. The van der Waals surface area contributed by atoms with Crippen LogP contribution in [-0.4, -0.2) is 6.10 Å². The summed E-state index contributed by atoms with van der Waals surface area (Å²) in [4.78, 5) is 0. The molecule has 1 atom stereocenters. The third-order valence-corrected chi connectivity index (χ3v) is 4.35. The van der Waals surface area contributed by atoms with Crippen molar-refractivity contribution in [1.29, 1.82) is 0 Å². The summed E-state index contributed by atoms with van der Waals surface area (Å²) in [5.41, 5.74) is 4.67. The first kappa shape index (κ1) is 15.4. The van der Waals surface area contributed by atoms with Crippen LogP contribution in [0.1, 0.15) is 78.6 Å². The molecule has 0 saturated heterocycles. The predicted molar refractivity (Wildman–Crippen MR) is 86.6 cm³/mol. The fourth-order valence-electron chi connectivity index (χ4n) is 3.11. The molecule has 2 aliphatic rings. The summed E-state index contributed by atoms with van der Waals surface area (Å²) in [6.07, 6.45) is 16.2. The molecule has 0 bridgehead atoms. The Bertz CT molecular complexity index is 411. The minimum atomic E-state index is 0.251. The van der Waals surface area contributed by atoms with Crippen LogP contribution >= 0.6 is 0 Å². The van der Waals surface area contributed by atoms with Crippen LogP contribution in [0.25, 0.3) is 0 Å². The number of hydrogen-bond acceptors (Lipinski definition) is 1. The summed E-state index contributed by atoms with van der Waals surface area (Å²) in [5.74, 6) is 1.21. The summed E-state index contributed by atoms with van der Waals surface area (Å²) < 4.78 is 6.13. The van der Waals surface area contributed by atoms with Crippen molar-refractivity contribution >= 4 is 0 Å². The van der Waals surface area contributed by atoms with Crippen LogP contribution < -0.4 is 0 Å². The zero-order valence-corrected chi connectivity index (χ0v) is 13.5. The predicted octanol–water partition coefficient (Wildman–Crippen LogP) is 6.08. The van der Waals surface area contributed by atoms with Gasteiger partial charge in [0.15, 0.2) is 0 Å². The Morgan fingerprint density at radius 2 is 1.55 bits per heavy atom. The number of fused-ring (bicyclic) bond motifs is 1. The van der Waals surface area contributed by atoms with Crippen LogP contribution in [0, 0.1) is 0 Å². The molecule has 20 heavy (non-hydrogen) atoms. The molecular weight excluding hydrogens is 244 g/mol. The Kier molecular flexibility index (Phi) is 5.94. The number of ether oxygens (including phenoxy) is 1. The molecule has 1 aliphatic carbocycles. The normalized spacial score (nSPS) is 20.9. The Hall–Kier alpha value is -0.980. The maximum Gasteiger partial charge on any atom is 0.142 e. The van der Waals surface area contributed by atoms with Crippen molar-refractivity contribution in [3.05, 3.63) is 34.6 Å². The molecule has 0 aromatic heterocycles. The van der Waals surface area contributed by atoms with Crippen LogP contribution in [0.5, 0.6) is 0 Å². The first-order valence-electron chi connectivity index (χ1n) is 8.61. The lowest BCUT2D eigenvalue weighted by molar-refractivity contribution is 0.195. The third-order valence-electron chi connectivity index (χ3n) is 4.35.